The first-order valence-corrected chi connectivity index (χ1v) is 7.15. The minimum Gasteiger partial charge on any atom is -0.483 e. The van der Waals surface area contributed by atoms with Gasteiger partial charge in [-0.25, -0.2) is 15.0 Å². The Morgan fingerprint density at radius 1 is 1.21 bits per heavy atom. The molecule has 1 aromatic heterocycles. The van der Waals surface area contributed by atoms with Crippen molar-refractivity contribution < 1.29 is 9.47 Å². The fraction of sp³-hybridized carbons (Fsp3) is 0.615. The average molecular weight is 281 g/mol. The number of nitrogens with zero attached hydrogens (tertiary/aromatic N) is 3. The smallest absolute Gasteiger partial charge is 0.209 e. The van der Waals surface area contributed by atoms with Crippen molar-refractivity contribution in [3.05, 3.63) is 16.6 Å². The molecule has 0 aromatic carbocycles. The Labute approximate surface area is 117 Å². The summed E-state index contributed by atoms with van der Waals surface area (Å²) in [5.41, 5.74) is 0. The largest absolute Gasteiger partial charge is 0.483 e. The molecule has 0 spiro atoms. The molecule has 0 N–H and O–H groups in total. The molecule has 1 aromatic rings. The predicted octanol–water partition coefficient (Wildman–Crippen LogP) is 2.18. The van der Waals surface area contributed by atoms with Crippen molar-refractivity contribution in [2.45, 2.75) is 32.4 Å². The summed E-state index contributed by atoms with van der Waals surface area (Å²) in [6, 6.07) is -0.200. The van der Waals surface area contributed by atoms with Gasteiger partial charge in [0.15, 0.2) is 0 Å². The molecular formula is C13H19N3O2S. The Hall–Kier alpha value is -1.43. The average Bonchev–Trinajstić information content (AvgIpc) is 2.90. The summed E-state index contributed by atoms with van der Waals surface area (Å²) in [6.07, 6.45) is 2.49. The first-order valence-electron chi connectivity index (χ1n) is 6.27. The summed E-state index contributed by atoms with van der Waals surface area (Å²) in [5.74, 6) is 1.66. The predicted molar refractivity (Wildman–Crippen MR) is 77.1 cm³/mol. The highest BCUT2D eigenvalue weighted by Gasteiger charge is 2.31. The van der Waals surface area contributed by atoms with Crippen LogP contribution in [-0.4, -0.2) is 43.1 Å². The van der Waals surface area contributed by atoms with E-state index in [-0.39, 0.29) is 12.1 Å². The quantitative estimate of drug-likeness (QED) is 0.853. The number of aliphatic imine (C=N–C) groups is 2. The topological polar surface area (TPSA) is 56.1 Å². The van der Waals surface area contributed by atoms with Crippen LogP contribution in [0.4, 0.5) is 0 Å². The van der Waals surface area contributed by atoms with E-state index in [1.165, 1.54) is 0 Å². The molecule has 104 valence electrons. The summed E-state index contributed by atoms with van der Waals surface area (Å²) in [6.45, 7) is 4.19. The first-order chi connectivity index (χ1) is 9.15. The minimum atomic E-state index is -0.138. The van der Waals surface area contributed by atoms with Gasteiger partial charge in [0.2, 0.25) is 11.8 Å². The van der Waals surface area contributed by atoms with E-state index in [0.29, 0.717) is 24.1 Å². The van der Waals surface area contributed by atoms with Crippen LogP contribution in [-0.2, 0) is 15.9 Å². The SMILES string of the molecule is COC1=N[C@@H](C(C)C)C(OC)=N[C@H]1Cc1nccs1. The van der Waals surface area contributed by atoms with Gasteiger partial charge in [-0.15, -0.1) is 11.3 Å². The molecule has 0 unspecified atom stereocenters. The molecule has 0 aliphatic carbocycles. The maximum absolute atomic E-state index is 5.39. The minimum absolute atomic E-state index is 0.0625. The third-order valence-corrected chi connectivity index (χ3v) is 3.79. The van der Waals surface area contributed by atoms with Gasteiger partial charge in [-0.1, -0.05) is 13.8 Å². The van der Waals surface area contributed by atoms with Gasteiger partial charge in [0.25, 0.3) is 0 Å². The Kier molecular flexibility index (Phi) is 4.52. The van der Waals surface area contributed by atoms with Crippen molar-refractivity contribution in [2.75, 3.05) is 14.2 Å². The van der Waals surface area contributed by atoms with Crippen LogP contribution >= 0.6 is 11.3 Å². The van der Waals surface area contributed by atoms with Crippen molar-refractivity contribution in [3.63, 3.8) is 0 Å². The molecule has 6 heteroatoms. The molecule has 19 heavy (non-hydrogen) atoms. The van der Waals surface area contributed by atoms with Crippen LogP contribution in [0.1, 0.15) is 18.9 Å². The highest BCUT2D eigenvalue weighted by molar-refractivity contribution is 7.09. The summed E-state index contributed by atoms with van der Waals surface area (Å²) in [4.78, 5) is 13.5. The van der Waals surface area contributed by atoms with E-state index in [1.807, 2.05) is 5.38 Å². The number of methoxy groups -OCH3 is 2. The summed E-state index contributed by atoms with van der Waals surface area (Å²) < 4.78 is 10.8. The van der Waals surface area contributed by atoms with Gasteiger partial charge in [-0.3, -0.25) is 0 Å². The van der Waals surface area contributed by atoms with E-state index in [0.717, 1.165) is 5.01 Å². The monoisotopic (exact) mass is 281 g/mol. The molecule has 0 bridgehead atoms. The number of hydrogen-bond donors (Lipinski definition) is 0. The lowest BCUT2D eigenvalue weighted by Crippen LogP contribution is -2.38. The summed E-state index contributed by atoms with van der Waals surface area (Å²) in [7, 11) is 3.28. The molecule has 0 saturated heterocycles. The maximum Gasteiger partial charge on any atom is 0.209 e. The third-order valence-electron chi connectivity index (χ3n) is 2.99. The van der Waals surface area contributed by atoms with Crippen LogP contribution in [0.3, 0.4) is 0 Å². The molecule has 1 aliphatic heterocycles. The number of hydrogen-bond acceptors (Lipinski definition) is 6. The lowest BCUT2D eigenvalue weighted by atomic mass is 10.0. The fourth-order valence-electron chi connectivity index (χ4n) is 2.01. The molecular weight excluding hydrogens is 262 g/mol. The van der Waals surface area contributed by atoms with Crippen LogP contribution in [0.5, 0.6) is 0 Å². The van der Waals surface area contributed by atoms with Gasteiger partial charge >= 0.3 is 0 Å². The number of thiazole rings is 1. The van der Waals surface area contributed by atoms with Crippen molar-refractivity contribution in [3.8, 4) is 0 Å². The van der Waals surface area contributed by atoms with Crippen LogP contribution < -0.4 is 0 Å². The zero-order valence-corrected chi connectivity index (χ0v) is 12.5. The molecule has 0 amide bonds. The number of rotatable bonds is 3. The van der Waals surface area contributed by atoms with E-state index in [2.05, 4.69) is 28.8 Å². The number of ether oxygens (including phenoxy) is 2. The van der Waals surface area contributed by atoms with Crippen LogP contribution in [0.2, 0.25) is 0 Å². The Morgan fingerprint density at radius 2 is 1.95 bits per heavy atom. The third kappa shape index (κ3) is 3.12. The van der Waals surface area contributed by atoms with Crippen LogP contribution in [0, 0.1) is 5.92 Å². The van der Waals surface area contributed by atoms with Crippen molar-refractivity contribution in [1.29, 1.82) is 0 Å². The van der Waals surface area contributed by atoms with Gasteiger partial charge in [0.05, 0.1) is 19.2 Å². The van der Waals surface area contributed by atoms with Gasteiger partial charge in [-0.05, 0) is 5.92 Å². The first kappa shape index (κ1) is 14.0. The van der Waals surface area contributed by atoms with Gasteiger partial charge in [0.1, 0.15) is 12.1 Å². The lowest BCUT2D eigenvalue weighted by Gasteiger charge is -2.26. The molecule has 0 radical (unpaired) electrons. The maximum atomic E-state index is 5.39. The molecule has 0 saturated carbocycles. The molecule has 0 fully saturated rings. The molecule has 1 aliphatic rings. The van der Waals surface area contributed by atoms with Crippen LogP contribution in [0.25, 0.3) is 0 Å². The zero-order valence-electron chi connectivity index (χ0n) is 11.7. The van der Waals surface area contributed by atoms with E-state index in [9.17, 15) is 0 Å². The summed E-state index contributed by atoms with van der Waals surface area (Å²) >= 11 is 1.61. The molecule has 2 rings (SSSR count). The van der Waals surface area contributed by atoms with Crippen LogP contribution in [0.15, 0.2) is 21.6 Å². The normalized spacial score (nSPS) is 23.0. The van der Waals surface area contributed by atoms with Crippen molar-refractivity contribution in [1.82, 2.24) is 4.98 Å². The van der Waals surface area contributed by atoms with Gasteiger partial charge in [0, 0.05) is 18.0 Å². The molecule has 2 atom stereocenters. The Bertz CT molecular complexity index is 468. The zero-order chi connectivity index (χ0) is 13.8. The second kappa shape index (κ2) is 6.14. The second-order valence-corrected chi connectivity index (χ2v) is 5.66. The lowest BCUT2D eigenvalue weighted by molar-refractivity contribution is 0.332. The molecule has 5 nitrogen and oxygen atoms in total. The molecule has 2 heterocycles. The Morgan fingerprint density at radius 3 is 2.47 bits per heavy atom. The van der Waals surface area contributed by atoms with E-state index < -0.39 is 0 Å². The highest BCUT2D eigenvalue weighted by Crippen LogP contribution is 2.20. The summed E-state index contributed by atoms with van der Waals surface area (Å²) in [5, 5.41) is 2.98. The highest BCUT2D eigenvalue weighted by atomic mass is 32.1. The van der Waals surface area contributed by atoms with E-state index in [1.54, 1.807) is 31.8 Å². The van der Waals surface area contributed by atoms with Gasteiger partial charge < -0.3 is 9.47 Å². The Balaban J connectivity index is 2.22. The van der Waals surface area contributed by atoms with Crippen molar-refractivity contribution >= 4 is 23.1 Å². The fourth-order valence-corrected chi connectivity index (χ4v) is 2.67. The van der Waals surface area contributed by atoms with Gasteiger partial charge in [-0.2, -0.15) is 0 Å². The van der Waals surface area contributed by atoms with E-state index >= 15 is 0 Å². The second-order valence-electron chi connectivity index (χ2n) is 4.68. The van der Waals surface area contributed by atoms with E-state index in [4.69, 9.17) is 9.47 Å². The number of aromatic nitrogens is 1. The van der Waals surface area contributed by atoms with Crippen molar-refractivity contribution in [2.24, 2.45) is 15.9 Å². The standard InChI is InChI=1S/C13H19N3O2S/c1-8(2)11-13(18-4)15-9(12(16-11)17-3)7-10-14-5-6-19-10/h5-6,8-9,11H,7H2,1-4H3/t9-,11-/m0/s1.